The van der Waals surface area contributed by atoms with Gasteiger partial charge in [0.05, 0.1) is 5.56 Å². The van der Waals surface area contributed by atoms with E-state index < -0.39 is 0 Å². The minimum Gasteiger partial charge on any atom is -0.461 e. The molecule has 0 heterocycles. The summed E-state index contributed by atoms with van der Waals surface area (Å²) in [6.45, 7) is 5.87. The molecular formula is C15H16O2. The summed E-state index contributed by atoms with van der Waals surface area (Å²) in [7, 11) is 0. The molecule has 0 bridgehead atoms. The molecule has 1 aromatic carbocycles. The highest BCUT2D eigenvalue weighted by atomic mass is 16.5. The second-order valence-electron chi connectivity index (χ2n) is 3.60. The van der Waals surface area contributed by atoms with Gasteiger partial charge in [0.25, 0.3) is 0 Å². The lowest BCUT2D eigenvalue weighted by atomic mass is 10.1. The van der Waals surface area contributed by atoms with Gasteiger partial charge in [0.2, 0.25) is 0 Å². The van der Waals surface area contributed by atoms with Crippen LogP contribution >= 0.6 is 0 Å². The zero-order chi connectivity index (χ0) is 12.5. The third kappa shape index (κ3) is 5.03. The van der Waals surface area contributed by atoms with Gasteiger partial charge < -0.3 is 4.74 Å². The van der Waals surface area contributed by atoms with Crippen LogP contribution in [-0.4, -0.2) is 12.6 Å². The van der Waals surface area contributed by atoms with Gasteiger partial charge in [-0.3, -0.25) is 0 Å². The van der Waals surface area contributed by atoms with Gasteiger partial charge in [-0.25, -0.2) is 4.79 Å². The number of aryl methyl sites for hydroxylation is 1. The summed E-state index contributed by atoms with van der Waals surface area (Å²) in [6.07, 6.45) is 2.97. The van der Waals surface area contributed by atoms with Crippen LogP contribution in [0.25, 0.3) is 0 Å². The number of rotatable bonds is 4. The summed E-state index contributed by atoms with van der Waals surface area (Å²) in [4.78, 5) is 11.6. The van der Waals surface area contributed by atoms with E-state index in [1.807, 2.05) is 19.1 Å². The van der Waals surface area contributed by atoms with Crippen molar-refractivity contribution < 1.29 is 9.53 Å². The molecular weight excluding hydrogens is 212 g/mol. The molecule has 17 heavy (non-hydrogen) atoms. The van der Waals surface area contributed by atoms with Gasteiger partial charge in [0.1, 0.15) is 6.61 Å². The molecule has 0 amide bonds. The molecule has 0 radical (unpaired) electrons. The first-order chi connectivity index (χ1) is 8.24. The number of esters is 1. The Labute approximate surface area is 102 Å². The molecule has 0 saturated carbocycles. The summed E-state index contributed by atoms with van der Waals surface area (Å²) in [5.41, 5.74) is 1.70. The molecule has 88 valence electrons. The maximum atomic E-state index is 11.6. The average molecular weight is 228 g/mol. The van der Waals surface area contributed by atoms with E-state index in [1.165, 1.54) is 0 Å². The van der Waals surface area contributed by atoms with Gasteiger partial charge in [-0.2, -0.15) is 0 Å². The Kier molecular flexibility index (Phi) is 5.60. The van der Waals surface area contributed by atoms with Crippen LogP contribution < -0.4 is 0 Å². The van der Waals surface area contributed by atoms with Crippen LogP contribution in [0, 0.1) is 18.8 Å². The Hall–Kier alpha value is -2.01. The van der Waals surface area contributed by atoms with E-state index in [2.05, 4.69) is 18.4 Å². The standard InChI is InChI=1S/C15H16O2/c1-3-4-5-6-7-12-17-15(16)14-10-8-13(2)9-11-14/h3,8-11H,1,4,7,12H2,2H3. The molecule has 0 spiro atoms. The quantitative estimate of drug-likeness (QED) is 0.342. The van der Waals surface area contributed by atoms with Gasteiger partial charge in [-0.1, -0.05) is 35.6 Å². The fourth-order valence-corrected chi connectivity index (χ4v) is 1.20. The van der Waals surface area contributed by atoms with Crippen molar-refractivity contribution in [2.45, 2.75) is 19.8 Å². The van der Waals surface area contributed by atoms with Gasteiger partial charge in [-0.15, -0.1) is 6.58 Å². The SMILES string of the molecule is C=CCC#CCCOC(=O)c1ccc(C)cc1. The highest BCUT2D eigenvalue weighted by Gasteiger charge is 2.04. The fourth-order valence-electron chi connectivity index (χ4n) is 1.20. The molecule has 0 aliphatic heterocycles. The average Bonchev–Trinajstić information content (AvgIpc) is 2.34. The summed E-state index contributed by atoms with van der Waals surface area (Å²) in [6, 6.07) is 7.31. The largest absolute Gasteiger partial charge is 0.461 e. The maximum absolute atomic E-state index is 11.6. The molecule has 0 aromatic heterocycles. The zero-order valence-electron chi connectivity index (χ0n) is 10.0. The highest BCUT2D eigenvalue weighted by Crippen LogP contribution is 2.04. The Balaban J connectivity index is 2.33. The van der Waals surface area contributed by atoms with Crippen LogP contribution in [0.3, 0.4) is 0 Å². The molecule has 1 rings (SSSR count). The lowest BCUT2D eigenvalue weighted by molar-refractivity contribution is 0.0513. The van der Waals surface area contributed by atoms with Crippen molar-refractivity contribution in [3.05, 3.63) is 48.0 Å². The summed E-state index contributed by atoms with van der Waals surface area (Å²) in [5, 5.41) is 0. The minimum atomic E-state index is -0.296. The van der Waals surface area contributed by atoms with Gasteiger partial charge >= 0.3 is 5.97 Å². The van der Waals surface area contributed by atoms with Crippen LogP contribution in [-0.2, 0) is 4.74 Å². The van der Waals surface area contributed by atoms with Crippen LogP contribution in [0.5, 0.6) is 0 Å². The molecule has 0 unspecified atom stereocenters. The normalized spacial score (nSPS) is 9.00. The Morgan fingerprint density at radius 1 is 1.35 bits per heavy atom. The number of allylic oxidation sites excluding steroid dienone is 1. The van der Waals surface area contributed by atoms with Gasteiger partial charge in [0, 0.05) is 12.8 Å². The smallest absolute Gasteiger partial charge is 0.338 e. The zero-order valence-corrected chi connectivity index (χ0v) is 10.0. The van der Waals surface area contributed by atoms with Crippen molar-refractivity contribution >= 4 is 5.97 Å². The number of ether oxygens (including phenoxy) is 1. The minimum absolute atomic E-state index is 0.296. The second-order valence-corrected chi connectivity index (χ2v) is 3.60. The molecule has 2 heteroatoms. The molecule has 0 atom stereocenters. The van der Waals surface area contributed by atoms with Crippen molar-refractivity contribution in [1.29, 1.82) is 0 Å². The summed E-state index contributed by atoms with van der Waals surface area (Å²) < 4.78 is 5.08. The number of carbonyl (C=O) groups excluding carboxylic acids is 1. The molecule has 1 aromatic rings. The van der Waals surface area contributed by atoms with Crippen molar-refractivity contribution in [1.82, 2.24) is 0 Å². The molecule has 0 aliphatic carbocycles. The highest BCUT2D eigenvalue weighted by molar-refractivity contribution is 5.89. The van der Waals surface area contributed by atoms with Crippen molar-refractivity contribution in [2.75, 3.05) is 6.61 Å². The molecule has 0 aliphatic rings. The summed E-state index contributed by atoms with van der Waals surface area (Å²) >= 11 is 0. The lowest BCUT2D eigenvalue weighted by Gasteiger charge is -2.02. The monoisotopic (exact) mass is 228 g/mol. The molecule has 0 fully saturated rings. The van der Waals surface area contributed by atoms with Crippen LogP contribution in [0.15, 0.2) is 36.9 Å². The van der Waals surface area contributed by atoms with Gasteiger partial charge in [-0.05, 0) is 19.1 Å². The van der Waals surface area contributed by atoms with E-state index in [9.17, 15) is 4.79 Å². The van der Waals surface area contributed by atoms with E-state index in [0.717, 1.165) is 5.56 Å². The van der Waals surface area contributed by atoms with Crippen LogP contribution in [0.4, 0.5) is 0 Å². The van der Waals surface area contributed by atoms with Gasteiger partial charge in [0.15, 0.2) is 0 Å². The first kappa shape index (κ1) is 13.1. The second kappa shape index (κ2) is 7.29. The predicted octanol–water partition coefficient (Wildman–Crippen LogP) is 3.12. The third-order valence-electron chi connectivity index (χ3n) is 2.12. The van der Waals surface area contributed by atoms with E-state index in [4.69, 9.17) is 4.74 Å². The summed E-state index contributed by atoms with van der Waals surface area (Å²) in [5.74, 6) is 5.50. The lowest BCUT2D eigenvalue weighted by Crippen LogP contribution is -2.05. The topological polar surface area (TPSA) is 26.3 Å². The molecule has 0 saturated heterocycles. The number of carbonyl (C=O) groups is 1. The number of hydrogen-bond donors (Lipinski definition) is 0. The Bertz CT molecular complexity index is 432. The third-order valence-corrected chi connectivity index (χ3v) is 2.12. The number of benzene rings is 1. The van der Waals surface area contributed by atoms with E-state index in [0.29, 0.717) is 25.0 Å². The maximum Gasteiger partial charge on any atom is 0.338 e. The number of hydrogen-bond acceptors (Lipinski definition) is 2. The van der Waals surface area contributed by atoms with E-state index >= 15 is 0 Å². The fraction of sp³-hybridized carbons (Fsp3) is 0.267. The predicted molar refractivity (Wildman–Crippen MR) is 68.7 cm³/mol. The first-order valence-corrected chi connectivity index (χ1v) is 5.54. The van der Waals surface area contributed by atoms with Crippen molar-refractivity contribution in [3.8, 4) is 11.8 Å². The first-order valence-electron chi connectivity index (χ1n) is 5.54. The van der Waals surface area contributed by atoms with E-state index in [1.54, 1.807) is 18.2 Å². The molecule has 0 N–H and O–H groups in total. The Morgan fingerprint density at radius 2 is 2.06 bits per heavy atom. The van der Waals surface area contributed by atoms with Crippen LogP contribution in [0.1, 0.15) is 28.8 Å². The van der Waals surface area contributed by atoms with Crippen molar-refractivity contribution in [3.63, 3.8) is 0 Å². The Morgan fingerprint density at radius 3 is 2.71 bits per heavy atom. The van der Waals surface area contributed by atoms with Crippen LogP contribution in [0.2, 0.25) is 0 Å². The van der Waals surface area contributed by atoms with Crippen molar-refractivity contribution in [2.24, 2.45) is 0 Å². The van der Waals surface area contributed by atoms with E-state index in [-0.39, 0.29) is 5.97 Å². The molecule has 2 nitrogen and oxygen atoms in total.